The molecule has 0 saturated carbocycles. The average molecular weight is 448 g/mol. The molecule has 0 spiro atoms. The minimum absolute atomic E-state index is 0.122. The maximum absolute atomic E-state index is 12.3. The first kappa shape index (κ1) is 21.0. The number of hydrogen-bond acceptors (Lipinski definition) is 6. The second kappa shape index (κ2) is 8.46. The fourth-order valence-electron chi connectivity index (χ4n) is 3.75. The molecule has 3 heterocycles. The zero-order valence-electron chi connectivity index (χ0n) is 17.0. The van der Waals surface area contributed by atoms with Crippen LogP contribution in [-0.2, 0) is 23.1 Å². The molecule has 2 aromatic heterocycles. The first-order chi connectivity index (χ1) is 14.3. The number of imidazole rings is 1. The molecule has 1 amide bonds. The molecule has 10 heteroatoms. The van der Waals surface area contributed by atoms with E-state index in [0.29, 0.717) is 37.6 Å². The molecule has 3 aromatic rings. The maximum atomic E-state index is 12.3. The van der Waals surface area contributed by atoms with Crippen LogP contribution in [0.1, 0.15) is 22.4 Å². The number of benzene rings is 1. The quantitative estimate of drug-likeness (QED) is 0.627. The van der Waals surface area contributed by atoms with Gasteiger partial charge in [0.1, 0.15) is 5.82 Å². The Morgan fingerprint density at radius 3 is 2.60 bits per heavy atom. The summed E-state index contributed by atoms with van der Waals surface area (Å²) in [6.07, 6.45) is 1.26. The molecule has 0 radical (unpaired) electrons. The lowest BCUT2D eigenvalue weighted by molar-refractivity contribution is 0.103. The van der Waals surface area contributed by atoms with Crippen molar-refractivity contribution in [1.29, 1.82) is 0 Å². The van der Waals surface area contributed by atoms with E-state index in [-0.39, 0.29) is 5.91 Å². The van der Waals surface area contributed by atoms with Crippen LogP contribution in [0.15, 0.2) is 35.7 Å². The number of carbonyl (C=O) groups excluding carboxylic acids is 1. The molecule has 8 nitrogen and oxygen atoms in total. The lowest BCUT2D eigenvalue weighted by Gasteiger charge is -2.32. The number of amides is 1. The Labute approximate surface area is 180 Å². The number of piperazine rings is 1. The molecule has 4 rings (SSSR count). The van der Waals surface area contributed by atoms with Crippen LogP contribution in [0.4, 0.5) is 5.69 Å². The number of nitrogens with zero attached hydrogens (tertiary/aromatic N) is 4. The molecule has 0 atom stereocenters. The number of nitrogens with one attached hydrogen (secondary N) is 1. The lowest BCUT2D eigenvalue weighted by atomic mass is 10.2. The summed E-state index contributed by atoms with van der Waals surface area (Å²) in [5, 5.41) is 4.81. The summed E-state index contributed by atoms with van der Waals surface area (Å²) in [6.45, 7) is 5.91. The van der Waals surface area contributed by atoms with Gasteiger partial charge >= 0.3 is 0 Å². The van der Waals surface area contributed by atoms with Crippen LogP contribution >= 0.6 is 11.3 Å². The fraction of sp³-hybridized carbons (Fsp3) is 0.400. The molecular formula is C20H25N5O3S2. The average Bonchev–Trinajstić information content (AvgIpc) is 3.35. The van der Waals surface area contributed by atoms with Gasteiger partial charge in [-0.15, -0.1) is 11.3 Å². The van der Waals surface area contributed by atoms with Crippen LogP contribution in [0.25, 0.3) is 11.0 Å². The van der Waals surface area contributed by atoms with Crippen molar-refractivity contribution in [1.82, 2.24) is 18.8 Å². The third-order valence-electron chi connectivity index (χ3n) is 5.31. The van der Waals surface area contributed by atoms with Gasteiger partial charge in [0.2, 0.25) is 10.0 Å². The van der Waals surface area contributed by atoms with Crippen LogP contribution in [0.3, 0.4) is 0 Å². The summed E-state index contributed by atoms with van der Waals surface area (Å²) in [6, 6.07) is 9.44. The van der Waals surface area contributed by atoms with Crippen LogP contribution in [-0.4, -0.2) is 65.5 Å². The largest absolute Gasteiger partial charge is 0.327 e. The minimum atomic E-state index is -3.13. The van der Waals surface area contributed by atoms with E-state index in [0.717, 1.165) is 29.1 Å². The summed E-state index contributed by atoms with van der Waals surface area (Å²) in [5.41, 5.74) is 2.58. The van der Waals surface area contributed by atoms with Crippen molar-refractivity contribution < 1.29 is 13.2 Å². The number of hydrogen-bond donors (Lipinski definition) is 1. The predicted octanol–water partition coefficient (Wildman–Crippen LogP) is 2.45. The molecule has 1 aliphatic rings. The van der Waals surface area contributed by atoms with Gasteiger partial charge in [-0.3, -0.25) is 9.69 Å². The van der Waals surface area contributed by atoms with Gasteiger partial charge in [-0.1, -0.05) is 6.07 Å². The molecule has 1 aliphatic heterocycles. The zero-order valence-corrected chi connectivity index (χ0v) is 18.7. The van der Waals surface area contributed by atoms with Crippen molar-refractivity contribution in [2.45, 2.75) is 20.0 Å². The second-order valence-electron chi connectivity index (χ2n) is 7.35. The van der Waals surface area contributed by atoms with Crippen molar-refractivity contribution >= 4 is 44.0 Å². The van der Waals surface area contributed by atoms with Gasteiger partial charge in [0, 0.05) is 38.4 Å². The van der Waals surface area contributed by atoms with Crippen LogP contribution < -0.4 is 5.32 Å². The van der Waals surface area contributed by atoms with E-state index in [9.17, 15) is 13.2 Å². The number of aromatic nitrogens is 2. The van der Waals surface area contributed by atoms with Crippen molar-refractivity contribution in [3.63, 3.8) is 0 Å². The third-order valence-corrected chi connectivity index (χ3v) is 7.48. The SMILES string of the molecule is CCn1c(CN2CCN(S(C)(=O)=O)CC2)nc2cc(NC(=O)c3cccs3)ccc21. The Kier molecular flexibility index (Phi) is 5.92. The maximum Gasteiger partial charge on any atom is 0.265 e. The zero-order chi connectivity index (χ0) is 21.3. The van der Waals surface area contributed by atoms with E-state index in [1.54, 1.807) is 6.07 Å². The Bertz CT molecular complexity index is 1150. The molecule has 1 N–H and O–H groups in total. The Morgan fingerprint density at radius 2 is 1.97 bits per heavy atom. The number of rotatable bonds is 6. The lowest BCUT2D eigenvalue weighted by Crippen LogP contribution is -2.48. The highest BCUT2D eigenvalue weighted by atomic mass is 32.2. The van der Waals surface area contributed by atoms with Crippen LogP contribution in [0, 0.1) is 0 Å². The number of fused-ring (bicyclic) bond motifs is 1. The third kappa shape index (κ3) is 4.41. The number of carbonyl (C=O) groups is 1. The Balaban J connectivity index is 1.50. The van der Waals surface area contributed by atoms with E-state index >= 15 is 0 Å². The number of anilines is 1. The molecule has 1 fully saturated rings. The smallest absolute Gasteiger partial charge is 0.265 e. The van der Waals surface area contributed by atoms with Crippen molar-refractivity contribution in [3.8, 4) is 0 Å². The standard InChI is InChI=1S/C20H25N5O3S2/c1-3-25-17-7-6-15(21-20(26)18-5-4-12-29-18)13-16(17)22-19(25)14-23-8-10-24(11-9-23)30(2,27)28/h4-7,12-13H,3,8-11,14H2,1-2H3,(H,21,26). The monoisotopic (exact) mass is 447 g/mol. The van der Waals surface area contributed by atoms with E-state index < -0.39 is 10.0 Å². The number of aryl methyl sites for hydroxylation is 1. The molecule has 0 aliphatic carbocycles. The van der Waals surface area contributed by atoms with Gasteiger partial charge in [0.15, 0.2) is 0 Å². The Morgan fingerprint density at radius 1 is 1.20 bits per heavy atom. The van der Waals surface area contributed by atoms with Crippen molar-refractivity contribution in [2.75, 3.05) is 37.8 Å². The van der Waals surface area contributed by atoms with E-state index in [1.807, 2.05) is 29.6 Å². The van der Waals surface area contributed by atoms with Gasteiger partial charge < -0.3 is 9.88 Å². The summed E-state index contributed by atoms with van der Waals surface area (Å²) >= 11 is 1.41. The van der Waals surface area contributed by atoms with Gasteiger partial charge in [0.25, 0.3) is 5.91 Å². The topological polar surface area (TPSA) is 87.5 Å². The second-order valence-corrected chi connectivity index (χ2v) is 10.3. The highest BCUT2D eigenvalue weighted by Gasteiger charge is 2.24. The van der Waals surface area contributed by atoms with E-state index in [4.69, 9.17) is 4.98 Å². The first-order valence-electron chi connectivity index (χ1n) is 9.86. The minimum Gasteiger partial charge on any atom is -0.327 e. The molecule has 160 valence electrons. The first-order valence-corrected chi connectivity index (χ1v) is 12.6. The highest BCUT2D eigenvalue weighted by Crippen LogP contribution is 2.23. The molecule has 1 saturated heterocycles. The highest BCUT2D eigenvalue weighted by molar-refractivity contribution is 7.88. The fourth-order valence-corrected chi connectivity index (χ4v) is 5.20. The predicted molar refractivity (Wildman–Crippen MR) is 119 cm³/mol. The van der Waals surface area contributed by atoms with Crippen LogP contribution in [0.2, 0.25) is 0 Å². The van der Waals surface area contributed by atoms with E-state index in [2.05, 4.69) is 21.7 Å². The number of thiophene rings is 1. The van der Waals surface area contributed by atoms with Gasteiger partial charge in [0.05, 0.1) is 28.7 Å². The molecular weight excluding hydrogens is 422 g/mol. The molecule has 1 aromatic carbocycles. The summed E-state index contributed by atoms with van der Waals surface area (Å²) < 4.78 is 27.1. The normalized spacial score (nSPS) is 16.2. The summed E-state index contributed by atoms with van der Waals surface area (Å²) in [5.74, 6) is 0.824. The van der Waals surface area contributed by atoms with Crippen molar-refractivity contribution in [3.05, 3.63) is 46.4 Å². The van der Waals surface area contributed by atoms with E-state index in [1.165, 1.54) is 21.9 Å². The molecule has 30 heavy (non-hydrogen) atoms. The molecule has 0 bridgehead atoms. The van der Waals surface area contributed by atoms with Crippen LogP contribution in [0.5, 0.6) is 0 Å². The number of sulfonamides is 1. The van der Waals surface area contributed by atoms with Gasteiger partial charge in [-0.2, -0.15) is 4.31 Å². The van der Waals surface area contributed by atoms with Crippen molar-refractivity contribution in [2.24, 2.45) is 0 Å². The Hall–Kier alpha value is -2.27. The molecule has 0 unspecified atom stereocenters. The van der Waals surface area contributed by atoms with Gasteiger partial charge in [-0.05, 0) is 36.6 Å². The van der Waals surface area contributed by atoms with Gasteiger partial charge in [-0.25, -0.2) is 13.4 Å². The summed E-state index contributed by atoms with van der Waals surface area (Å²) in [4.78, 5) is 20.0. The summed E-state index contributed by atoms with van der Waals surface area (Å²) in [7, 11) is -3.13.